The lowest BCUT2D eigenvalue weighted by molar-refractivity contribution is 0.609. The van der Waals surface area contributed by atoms with E-state index in [9.17, 15) is 0 Å². The van der Waals surface area contributed by atoms with Crippen LogP contribution in [-0.2, 0) is 0 Å². The molecule has 0 bridgehead atoms. The smallest absolute Gasteiger partial charge is 0.0263 e. The first-order valence-corrected chi connectivity index (χ1v) is 4.93. The van der Waals surface area contributed by atoms with Gasteiger partial charge >= 0.3 is 0 Å². The molecular formula is C8H11NS. The van der Waals surface area contributed by atoms with Crippen LogP contribution in [0.25, 0.3) is 0 Å². The molecule has 0 aromatic carbocycles. The molecule has 0 N–H and O–H groups in total. The van der Waals surface area contributed by atoms with Gasteiger partial charge in [0.2, 0.25) is 0 Å². The lowest BCUT2D eigenvalue weighted by Gasteiger charge is -2.23. The second kappa shape index (κ2) is 2.64. The molecule has 0 unspecified atom stereocenters. The van der Waals surface area contributed by atoms with Crippen molar-refractivity contribution in [3.05, 3.63) is 35.1 Å². The molecule has 1 nitrogen and oxygen atoms in total. The van der Waals surface area contributed by atoms with Gasteiger partial charge in [-0.15, -0.1) is 0 Å². The summed E-state index contributed by atoms with van der Waals surface area (Å²) < 4.78 is 2.48. The molecule has 0 spiro atoms. The molecule has 2 heteroatoms. The Kier molecular flexibility index (Phi) is 1.65. The predicted molar refractivity (Wildman–Crippen MR) is 48.0 cm³/mol. The number of hydrogen-bond acceptors (Lipinski definition) is 1. The second-order valence-electron chi connectivity index (χ2n) is 2.41. The van der Waals surface area contributed by atoms with Crippen molar-refractivity contribution in [1.29, 1.82) is 0 Å². The van der Waals surface area contributed by atoms with E-state index in [4.69, 9.17) is 0 Å². The van der Waals surface area contributed by atoms with Gasteiger partial charge in [-0.3, -0.25) is 4.31 Å². The van der Waals surface area contributed by atoms with E-state index in [1.165, 1.54) is 0 Å². The Bertz CT molecular complexity index is 185. The van der Waals surface area contributed by atoms with Crippen LogP contribution >= 0.6 is 11.1 Å². The summed E-state index contributed by atoms with van der Waals surface area (Å²) in [5.41, 5.74) is 0. The minimum absolute atomic E-state index is 0.0365. The molecule has 2 rings (SSSR count). The lowest BCUT2D eigenvalue weighted by atomic mass is 10.6. The van der Waals surface area contributed by atoms with Gasteiger partial charge < -0.3 is 0 Å². The third kappa shape index (κ3) is 1.04. The Balaban J connectivity index is 2.00. The van der Waals surface area contributed by atoms with Gasteiger partial charge in [-0.25, -0.2) is 0 Å². The molecule has 0 aromatic rings. The molecule has 10 heavy (non-hydrogen) atoms. The molecule has 0 radical (unpaired) electrons. The molecule has 0 fully saturated rings. The van der Waals surface area contributed by atoms with Gasteiger partial charge in [0.05, 0.1) is 0 Å². The fourth-order valence-electron chi connectivity index (χ4n) is 1.17. The van der Waals surface area contributed by atoms with E-state index >= 15 is 0 Å². The van der Waals surface area contributed by atoms with E-state index in [0.29, 0.717) is 0 Å². The van der Waals surface area contributed by atoms with Crippen LogP contribution in [0.5, 0.6) is 0 Å². The van der Waals surface area contributed by atoms with E-state index in [1.54, 1.807) is 0 Å². The SMILES string of the molecule is C1=C[SH](N2CC=CC2)C=C1. The van der Waals surface area contributed by atoms with Crippen molar-refractivity contribution in [3.63, 3.8) is 0 Å². The van der Waals surface area contributed by atoms with Crippen LogP contribution in [0.2, 0.25) is 0 Å². The Labute approximate surface area is 64.2 Å². The van der Waals surface area contributed by atoms with Gasteiger partial charge in [0.15, 0.2) is 0 Å². The fourth-order valence-corrected chi connectivity index (χ4v) is 2.76. The van der Waals surface area contributed by atoms with Crippen LogP contribution in [0.4, 0.5) is 0 Å². The monoisotopic (exact) mass is 153 g/mol. The molecule has 0 saturated heterocycles. The van der Waals surface area contributed by atoms with Gasteiger partial charge in [0.25, 0.3) is 0 Å². The van der Waals surface area contributed by atoms with Crippen LogP contribution in [0.3, 0.4) is 0 Å². The van der Waals surface area contributed by atoms with Crippen molar-refractivity contribution in [3.8, 4) is 0 Å². The van der Waals surface area contributed by atoms with Crippen molar-refractivity contribution in [2.45, 2.75) is 0 Å². The van der Waals surface area contributed by atoms with E-state index < -0.39 is 0 Å². The van der Waals surface area contributed by atoms with Gasteiger partial charge in [-0.1, -0.05) is 24.3 Å². The van der Waals surface area contributed by atoms with Crippen LogP contribution in [0.15, 0.2) is 35.1 Å². The van der Waals surface area contributed by atoms with Gasteiger partial charge in [-0.05, 0) is 10.8 Å². The summed E-state index contributed by atoms with van der Waals surface area (Å²) in [6, 6.07) is 0. The minimum Gasteiger partial charge on any atom is -0.256 e. The first-order chi connectivity index (χ1) is 4.97. The molecule has 2 aliphatic heterocycles. The Morgan fingerprint density at radius 1 is 1.00 bits per heavy atom. The third-order valence-electron chi connectivity index (χ3n) is 1.71. The highest BCUT2D eigenvalue weighted by atomic mass is 32.2. The average Bonchev–Trinajstić information content (AvgIpc) is 2.59. The topological polar surface area (TPSA) is 3.24 Å². The van der Waals surface area contributed by atoms with Crippen LogP contribution < -0.4 is 0 Å². The highest BCUT2D eigenvalue weighted by Gasteiger charge is 2.11. The summed E-state index contributed by atoms with van der Waals surface area (Å²) >= 11 is -0.0365. The zero-order valence-corrected chi connectivity index (χ0v) is 6.67. The van der Waals surface area contributed by atoms with Crippen LogP contribution in [0, 0.1) is 0 Å². The maximum atomic E-state index is 2.48. The standard InChI is InChI=1S/C8H11NS/c1-2-6-9(5-1)10-7-3-4-8-10/h1-4,7-8,10H,5-6H2. The van der Waals surface area contributed by atoms with E-state index in [-0.39, 0.29) is 11.1 Å². The van der Waals surface area contributed by atoms with Crippen molar-refractivity contribution in [1.82, 2.24) is 4.31 Å². The molecule has 2 heterocycles. The number of hydrogen-bond donors (Lipinski definition) is 1. The largest absolute Gasteiger partial charge is 0.256 e. The number of rotatable bonds is 1. The summed E-state index contributed by atoms with van der Waals surface area (Å²) in [4.78, 5) is 0. The summed E-state index contributed by atoms with van der Waals surface area (Å²) in [7, 11) is 0. The summed E-state index contributed by atoms with van der Waals surface area (Å²) in [5.74, 6) is 0. The highest BCUT2D eigenvalue weighted by Crippen LogP contribution is 2.37. The number of nitrogens with zero attached hydrogens (tertiary/aromatic N) is 1. The van der Waals surface area contributed by atoms with Crippen molar-refractivity contribution in [2.75, 3.05) is 13.1 Å². The Morgan fingerprint density at radius 3 is 2.20 bits per heavy atom. The van der Waals surface area contributed by atoms with Crippen molar-refractivity contribution < 1.29 is 0 Å². The van der Waals surface area contributed by atoms with Gasteiger partial charge in [0.1, 0.15) is 0 Å². The van der Waals surface area contributed by atoms with Crippen molar-refractivity contribution >= 4 is 11.1 Å². The Morgan fingerprint density at radius 2 is 1.60 bits per heavy atom. The van der Waals surface area contributed by atoms with Crippen molar-refractivity contribution in [2.24, 2.45) is 0 Å². The Hall–Kier alpha value is -0.470. The third-order valence-corrected chi connectivity index (χ3v) is 3.65. The molecular weight excluding hydrogens is 142 g/mol. The first-order valence-electron chi connectivity index (χ1n) is 3.50. The molecule has 0 aromatic heterocycles. The number of allylic oxidation sites excluding steroid dienone is 2. The maximum Gasteiger partial charge on any atom is 0.0263 e. The van der Waals surface area contributed by atoms with E-state index in [1.807, 2.05) is 0 Å². The number of thiol groups is 1. The van der Waals surface area contributed by atoms with Gasteiger partial charge in [-0.2, -0.15) is 11.1 Å². The molecule has 54 valence electrons. The average molecular weight is 153 g/mol. The van der Waals surface area contributed by atoms with Crippen LogP contribution in [0.1, 0.15) is 0 Å². The van der Waals surface area contributed by atoms with Gasteiger partial charge in [0, 0.05) is 13.1 Å². The second-order valence-corrected chi connectivity index (χ2v) is 4.33. The highest BCUT2D eigenvalue weighted by molar-refractivity contribution is 8.20. The molecule has 0 atom stereocenters. The quantitative estimate of drug-likeness (QED) is 0.444. The lowest BCUT2D eigenvalue weighted by Crippen LogP contribution is -2.12. The fraction of sp³-hybridized carbons (Fsp3) is 0.250. The normalized spacial score (nSPS) is 27.0. The van der Waals surface area contributed by atoms with E-state index in [0.717, 1.165) is 13.1 Å². The maximum absolute atomic E-state index is 2.48. The molecule has 2 aliphatic rings. The zero-order chi connectivity index (χ0) is 6.81. The molecule has 0 aliphatic carbocycles. The molecule has 0 amide bonds. The summed E-state index contributed by atoms with van der Waals surface area (Å²) in [6.45, 7) is 2.28. The predicted octanol–water partition coefficient (Wildman–Crippen LogP) is 1.82. The minimum atomic E-state index is -0.0365. The van der Waals surface area contributed by atoms with Crippen LogP contribution in [-0.4, -0.2) is 17.4 Å². The first kappa shape index (κ1) is 6.25. The zero-order valence-electron chi connectivity index (χ0n) is 5.77. The van der Waals surface area contributed by atoms with E-state index in [2.05, 4.69) is 39.4 Å². The molecule has 0 saturated carbocycles. The summed E-state index contributed by atoms with van der Waals surface area (Å²) in [5, 5.41) is 4.59. The summed E-state index contributed by atoms with van der Waals surface area (Å²) in [6.07, 6.45) is 8.76.